The minimum absolute atomic E-state index is 0.208. The van der Waals surface area contributed by atoms with Crippen LogP contribution in [0.15, 0.2) is 52.5 Å². The van der Waals surface area contributed by atoms with Gasteiger partial charge in [-0.1, -0.05) is 18.2 Å². The summed E-state index contributed by atoms with van der Waals surface area (Å²) in [6.45, 7) is 1.80. The van der Waals surface area contributed by atoms with Gasteiger partial charge in [0.15, 0.2) is 0 Å². The van der Waals surface area contributed by atoms with Gasteiger partial charge in [0.1, 0.15) is 0 Å². The fourth-order valence-corrected chi connectivity index (χ4v) is 4.05. The quantitative estimate of drug-likeness (QED) is 0.629. The summed E-state index contributed by atoms with van der Waals surface area (Å²) in [6, 6.07) is 12.8. The van der Waals surface area contributed by atoms with Crippen molar-refractivity contribution in [2.75, 3.05) is 0 Å². The zero-order chi connectivity index (χ0) is 13.6. The summed E-state index contributed by atoms with van der Waals surface area (Å²) in [5, 5.41) is 13.6. The first-order valence-electron chi connectivity index (χ1n) is 6.47. The average Bonchev–Trinajstić information content (AvgIpc) is 3.22. The number of thiophene rings is 3. The Balaban J connectivity index is 1.61. The summed E-state index contributed by atoms with van der Waals surface area (Å²) >= 11 is 5.37. The van der Waals surface area contributed by atoms with E-state index < -0.39 is 0 Å². The summed E-state index contributed by atoms with van der Waals surface area (Å²) < 4.78 is 0. The Morgan fingerprint density at radius 1 is 0.750 bits per heavy atom. The molecule has 20 heavy (non-hydrogen) atoms. The first-order chi connectivity index (χ1) is 9.92. The van der Waals surface area contributed by atoms with Gasteiger partial charge in [0.2, 0.25) is 0 Å². The fraction of sp³-hybridized carbons (Fsp3) is 0.200. The lowest BCUT2D eigenvalue weighted by molar-refractivity contribution is 0.446. The van der Waals surface area contributed by atoms with Crippen molar-refractivity contribution in [1.82, 2.24) is 10.6 Å². The molecule has 3 heterocycles. The molecule has 0 aromatic carbocycles. The lowest BCUT2D eigenvalue weighted by atomic mass is 10.3. The monoisotopic (exact) mass is 320 g/mol. The van der Waals surface area contributed by atoms with Gasteiger partial charge in [-0.05, 0) is 34.3 Å². The maximum Gasteiger partial charge on any atom is 0.0935 e. The third kappa shape index (κ3) is 3.77. The van der Waals surface area contributed by atoms with Gasteiger partial charge >= 0.3 is 0 Å². The van der Waals surface area contributed by atoms with E-state index in [1.807, 2.05) is 0 Å². The van der Waals surface area contributed by atoms with E-state index in [9.17, 15) is 0 Å². The van der Waals surface area contributed by atoms with Crippen LogP contribution in [0.3, 0.4) is 0 Å². The highest BCUT2D eigenvalue weighted by atomic mass is 32.1. The van der Waals surface area contributed by atoms with Crippen molar-refractivity contribution >= 4 is 34.0 Å². The number of nitrogens with one attached hydrogen (secondary N) is 2. The van der Waals surface area contributed by atoms with Crippen LogP contribution in [0.1, 0.15) is 20.8 Å². The maximum absolute atomic E-state index is 3.60. The normalized spacial score (nSPS) is 11.2. The third-order valence-electron chi connectivity index (χ3n) is 2.95. The topological polar surface area (TPSA) is 24.1 Å². The highest BCUT2D eigenvalue weighted by molar-refractivity contribution is 7.10. The number of hydrogen-bond donors (Lipinski definition) is 2. The molecule has 0 saturated heterocycles. The molecule has 2 nitrogen and oxygen atoms in total. The van der Waals surface area contributed by atoms with E-state index in [4.69, 9.17) is 0 Å². The lowest BCUT2D eigenvalue weighted by Gasteiger charge is -2.18. The van der Waals surface area contributed by atoms with Crippen molar-refractivity contribution in [3.05, 3.63) is 67.2 Å². The molecule has 0 atom stereocenters. The molecule has 0 spiro atoms. The SMILES string of the molecule is c1csc(CNC(NCc2cccs2)c2cccs2)c1. The Morgan fingerprint density at radius 2 is 1.30 bits per heavy atom. The van der Waals surface area contributed by atoms with Crippen LogP contribution in [0, 0.1) is 0 Å². The molecule has 3 rings (SSSR count). The first kappa shape index (κ1) is 14.0. The molecule has 0 amide bonds. The molecule has 2 N–H and O–H groups in total. The summed E-state index contributed by atoms with van der Waals surface area (Å²) in [7, 11) is 0. The zero-order valence-electron chi connectivity index (χ0n) is 10.9. The van der Waals surface area contributed by atoms with E-state index in [1.54, 1.807) is 34.0 Å². The lowest BCUT2D eigenvalue weighted by Crippen LogP contribution is -2.32. The van der Waals surface area contributed by atoms with E-state index in [1.165, 1.54) is 14.6 Å². The van der Waals surface area contributed by atoms with Crippen LogP contribution in [0.2, 0.25) is 0 Å². The first-order valence-corrected chi connectivity index (χ1v) is 9.10. The molecule has 0 bridgehead atoms. The zero-order valence-corrected chi connectivity index (χ0v) is 13.4. The predicted molar refractivity (Wildman–Crippen MR) is 89.4 cm³/mol. The Labute approximate surface area is 131 Å². The van der Waals surface area contributed by atoms with Crippen molar-refractivity contribution < 1.29 is 0 Å². The molecule has 104 valence electrons. The van der Waals surface area contributed by atoms with Crippen LogP contribution in [0.5, 0.6) is 0 Å². The molecular weight excluding hydrogens is 304 g/mol. The molecule has 0 radical (unpaired) electrons. The highest BCUT2D eigenvalue weighted by Gasteiger charge is 2.11. The number of hydrogen-bond acceptors (Lipinski definition) is 5. The molecule has 0 aliphatic heterocycles. The van der Waals surface area contributed by atoms with Crippen LogP contribution in [-0.4, -0.2) is 0 Å². The van der Waals surface area contributed by atoms with Crippen molar-refractivity contribution in [1.29, 1.82) is 0 Å². The molecule has 0 aliphatic carbocycles. The van der Waals surface area contributed by atoms with E-state index in [0.29, 0.717) is 0 Å². The van der Waals surface area contributed by atoms with E-state index in [-0.39, 0.29) is 6.17 Å². The van der Waals surface area contributed by atoms with Gasteiger partial charge in [0.05, 0.1) is 6.17 Å². The molecular formula is C15H16N2S3. The van der Waals surface area contributed by atoms with Crippen molar-refractivity contribution in [3.63, 3.8) is 0 Å². The molecule has 3 aromatic rings. The molecule has 0 unspecified atom stereocenters. The average molecular weight is 321 g/mol. The van der Waals surface area contributed by atoms with Crippen molar-refractivity contribution in [3.8, 4) is 0 Å². The van der Waals surface area contributed by atoms with E-state index in [0.717, 1.165) is 13.1 Å². The van der Waals surface area contributed by atoms with Gasteiger partial charge in [-0.2, -0.15) is 0 Å². The Hall–Kier alpha value is -0.980. The minimum Gasteiger partial charge on any atom is -0.293 e. The van der Waals surface area contributed by atoms with E-state index in [2.05, 4.69) is 63.2 Å². The standard InChI is InChI=1S/C15H16N2S3/c1-4-12(18-7-1)10-16-15(14-6-3-9-20-14)17-11-13-5-2-8-19-13/h1-9,15-17H,10-11H2. The molecule has 0 saturated carbocycles. The maximum atomic E-state index is 3.60. The second kappa shape index (κ2) is 7.15. The van der Waals surface area contributed by atoms with Crippen molar-refractivity contribution in [2.24, 2.45) is 0 Å². The summed E-state index contributed by atoms with van der Waals surface area (Å²) in [6.07, 6.45) is 0.208. The minimum atomic E-state index is 0.208. The van der Waals surface area contributed by atoms with Gasteiger partial charge in [-0.3, -0.25) is 10.6 Å². The van der Waals surface area contributed by atoms with Gasteiger partial charge in [-0.25, -0.2) is 0 Å². The van der Waals surface area contributed by atoms with Crippen molar-refractivity contribution in [2.45, 2.75) is 19.3 Å². The van der Waals surface area contributed by atoms with Crippen LogP contribution < -0.4 is 10.6 Å². The smallest absolute Gasteiger partial charge is 0.0935 e. The second-order valence-electron chi connectivity index (χ2n) is 4.37. The fourth-order valence-electron chi connectivity index (χ4n) is 1.96. The molecule has 3 aromatic heterocycles. The van der Waals surface area contributed by atoms with Crippen LogP contribution >= 0.6 is 34.0 Å². The second-order valence-corrected chi connectivity index (χ2v) is 7.41. The van der Waals surface area contributed by atoms with Crippen LogP contribution in [0.25, 0.3) is 0 Å². The molecule has 0 aliphatic rings. The summed E-state index contributed by atoms with van der Waals surface area (Å²) in [5.74, 6) is 0. The Kier molecular flexibility index (Phi) is 5.00. The van der Waals surface area contributed by atoms with Crippen LogP contribution in [0.4, 0.5) is 0 Å². The van der Waals surface area contributed by atoms with Crippen LogP contribution in [-0.2, 0) is 13.1 Å². The molecule has 5 heteroatoms. The van der Waals surface area contributed by atoms with Gasteiger partial charge in [0.25, 0.3) is 0 Å². The number of rotatable bonds is 7. The predicted octanol–water partition coefficient (Wildman–Crippen LogP) is 4.45. The highest BCUT2D eigenvalue weighted by Crippen LogP contribution is 2.19. The van der Waals surface area contributed by atoms with Gasteiger partial charge in [0, 0.05) is 27.7 Å². The Morgan fingerprint density at radius 3 is 1.75 bits per heavy atom. The van der Waals surface area contributed by atoms with E-state index >= 15 is 0 Å². The van der Waals surface area contributed by atoms with Gasteiger partial charge < -0.3 is 0 Å². The summed E-state index contributed by atoms with van der Waals surface area (Å²) in [4.78, 5) is 4.06. The van der Waals surface area contributed by atoms with Gasteiger partial charge in [-0.15, -0.1) is 34.0 Å². The summed E-state index contributed by atoms with van der Waals surface area (Å²) in [5.41, 5.74) is 0. The third-order valence-corrected chi connectivity index (χ3v) is 5.64. The largest absolute Gasteiger partial charge is 0.293 e. The Bertz CT molecular complexity index is 547. The molecule has 0 fully saturated rings.